The van der Waals surface area contributed by atoms with Crippen LogP contribution in [0.5, 0.6) is 0 Å². The van der Waals surface area contributed by atoms with Gasteiger partial charge in [0.05, 0.1) is 11.3 Å². The number of anilines is 1. The Balaban J connectivity index is 1.70. The van der Waals surface area contributed by atoms with E-state index in [1.54, 1.807) is 30.3 Å². The molecule has 3 rings (SSSR count). The van der Waals surface area contributed by atoms with Crippen LogP contribution in [0.1, 0.15) is 23.5 Å². The number of halogens is 1. The molecule has 3 nitrogen and oxygen atoms in total. The third-order valence-electron chi connectivity index (χ3n) is 3.71. The fourth-order valence-corrected chi connectivity index (χ4v) is 2.51. The second-order valence-corrected chi connectivity index (χ2v) is 5.15. The average Bonchev–Trinajstić information content (AvgIpc) is 3.28. The molecule has 4 heteroatoms. The highest BCUT2D eigenvalue weighted by Crippen LogP contribution is 2.48. The lowest BCUT2D eigenvalue weighted by molar-refractivity contribution is -0.117. The van der Waals surface area contributed by atoms with E-state index in [4.69, 9.17) is 5.26 Å². The molecular formula is C17H13FN2O. The second-order valence-electron chi connectivity index (χ2n) is 5.15. The number of nitriles is 1. The summed E-state index contributed by atoms with van der Waals surface area (Å²) in [5, 5.41) is 11.8. The Kier molecular flexibility index (Phi) is 3.41. The van der Waals surface area contributed by atoms with Gasteiger partial charge in [-0.15, -0.1) is 0 Å². The number of hydrogen-bond acceptors (Lipinski definition) is 2. The van der Waals surface area contributed by atoms with Crippen molar-refractivity contribution in [2.45, 2.75) is 12.3 Å². The molecule has 0 saturated heterocycles. The molecule has 1 aliphatic carbocycles. The predicted molar refractivity (Wildman–Crippen MR) is 77.0 cm³/mol. The minimum absolute atomic E-state index is 0.0648. The molecule has 2 atom stereocenters. The summed E-state index contributed by atoms with van der Waals surface area (Å²) in [6.45, 7) is 0. The van der Waals surface area contributed by atoms with Gasteiger partial charge in [-0.1, -0.05) is 24.3 Å². The third-order valence-corrected chi connectivity index (χ3v) is 3.71. The Morgan fingerprint density at radius 1 is 1.24 bits per heavy atom. The first kappa shape index (κ1) is 13.3. The SMILES string of the molecule is N#Cc1ccccc1NC(=O)[C@@H]1C[C@H]1c1cccc(F)c1. The molecule has 0 unspecified atom stereocenters. The van der Waals surface area contributed by atoms with E-state index < -0.39 is 0 Å². The molecule has 0 aromatic heterocycles. The largest absolute Gasteiger partial charge is 0.325 e. The van der Waals surface area contributed by atoms with Gasteiger partial charge in [0, 0.05) is 5.92 Å². The molecule has 2 aromatic rings. The van der Waals surface area contributed by atoms with Crippen LogP contribution in [-0.4, -0.2) is 5.91 Å². The van der Waals surface area contributed by atoms with Crippen LogP contribution >= 0.6 is 0 Å². The molecule has 0 bridgehead atoms. The monoisotopic (exact) mass is 280 g/mol. The van der Waals surface area contributed by atoms with Crippen LogP contribution in [-0.2, 0) is 4.79 Å². The van der Waals surface area contributed by atoms with Gasteiger partial charge < -0.3 is 5.32 Å². The van der Waals surface area contributed by atoms with E-state index >= 15 is 0 Å². The van der Waals surface area contributed by atoms with Crippen molar-refractivity contribution in [3.8, 4) is 6.07 Å². The quantitative estimate of drug-likeness (QED) is 0.936. The lowest BCUT2D eigenvalue weighted by Crippen LogP contribution is -2.15. The molecule has 1 saturated carbocycles. The lowest BCUT2D eigenvalue weighted by atomic mass is 10.1. The number of para-hydroxylation sites is 1. The normalized spacial score (nSPS) is 19.6. The fourth-order valence-electron chi connectivity index (χ4n) is 2.51. The van der Waals surface area contributed by atoms with Crippen LogP contribution in [0.4, 0.5) is 10.1 Å². The highest BCUT2D eigenvalue weighted by Gasteiger charge is 2.44. The van der Waals surface area contributed by atoms with Crippen LogP contribution in [0.3, 0.4) is 0 Å². The van der Waals surface area contributed by atoms with E-state index in [2.05, 4.69) is 5.32 Å². The van der Waals surface area contributed by atoms with Gasteiger partial charge in [-0.2, -0.15) is 5.26 Å². The van der Waals surface area contributed by atoms with Gasteiger partial charge in [0.1, 0.15) is 11.9 Å². The molecule has 1 amide bonds. The zero-order chi connectivity index (χ0) is 14.8. The summed E-state index contributed by atoms with van der Waals surface area (Å²) in [5.41, 5.74) is 1.81. The fraction of sp³-hybridized carbons (Fsp3) is 0.176. The minimum Gasteiger partial charge on any atom is -0.325 e. The Labute approximate surface area is 122 Å². The summed E-state index contributed by atoms with van der Waals surface area (Å²) in [6.07, 6.45) is 0.712. The highest BCUT2D eigenvalue weighted by atomic mass is 19.1. The number of nitrogens with zero attached hydrogens (tertiary/aromatic N) is 1. The van der Waals surface area contributed by atoms with E-state index in [-0.39, 0.29) is 23.6 Å². The number of carbonyl (C=O) groups is 1. The Morgan fingerprint density at radius 2 is 2.05 bits per heavy atom. The van der Waals surface area contributed by atoms with Crippen LogP contribution in [0.25, 0.3) is 0 Å². The van der Waals surface area contributed by atoms with Gasteiger partial charge in [-0.3, -0.25) is 4.79 Å². The zero-order valence-corrected chi connectivity index (χ0v) is 11.2. The van der Waals surface area contributed by atoms with Gasteiger partial charge in [-0.25, -0.2) is 4.39 Å². The smallest absolute Gasteiger partial charge is 0.228 e. The Hall–Kier alpha value is -2.67. The van der Waals surface area contributed by atoms with E-state index in [0.717, 1.165) is 5.56 Å². The molecule has 0 radical (unpaired) electrons. The van der Waals surface area contributed by atoms with Crippen molar-refractivity contribution >= 4 is 11.6 Å². The number of carbonyl (C=O) groups excluding carboxylic acids is 1. The first-order valence-electron chi connectivity index (χ1n) is 6.74. The van der Waals surface area contributed by atoms with Crippen molar-refractivity contribution < 1.29 is 9.18 Å². The number of nitrogens with one attached hydrogen (secondary N) is 1. The summed E-state index contributed by atoms with van der Waals surface area (Å²) < 4.78 is 13.2. The van der Waals surface area contributed by atoms with E-state index in [1.807, 2.05) is 12.1 Å². The average molecular weight is 280 g/mol. The van der Waals surface area contributed by atoms with Crippen LogP contribution < -0.4 is 5.32 Å². The molecule has 0 spiro atoms. The van der Waals surface area contributed by atoms with Crippen molar-refractivity contribution in [1.29, 1.82) is 5.26 Å². The summed E-state index contributed by atoms with van der Waals surface area (Å²) in [5.74, 6) is -0.492. The third kappa shape index (κ3) is 2.77. The molecule has 0 aliphatic heterocycles. The molecule has 21 heavy (non-hydrogen) atoms. The van der Waals surface area contributed by atoms with Crippen LogP contribution in [0.15, 0.2) is 48.5 Å². The summed E-state index contributed by atoms with van der Waals surface area (Å²) >= 11 is 0. The lowest BCUT2D eigenvalue weighted by Gasteiger charge is -2.06. The van der Waals surface area contributed by atoms with Gasteiger partial charge in [0.25, 0.3) is 0 Å². The van der Waals surface area contributed by atoms with E-state index in [1.165, 1.54) is 12.1 Å². The van der Waals surface area contributed by atoms with Gasteiger partial charge in [0.15, 0.2) is 0 Å². The maximum absolute atomic E-state index is 13.2. The maximum atomic E-state index is 13.2. The highest BCUT2D eigenvalue weighted by molar-refractivity contribution is 5.96. The number of rotatable bonds is 3. The van der Waals surface area contributed by atoms with Crippen molar-refractivity contribution in [1.82, 2.24) is 0 Å². The van der Waals surface area contributed by atoms with Gasteiger partial charge in [0.2, 0.25) is 5.91 Å². The standard InChI is InChI=1S/C17H13FN2O/c18-13-6-3-5-11(8-13)14-9-15(14)17(21)20-16-7-2-1-4-12(16)10-19/h1-8,14-15H,9H2,(H,20,21)/t14-,15+/m0/s1. The number of hydrogen-bond donors (Lipinski definition) is 1. The van der Waals surface area contributed by atoms with E-state index in [9.17, 15) is 9.18 Å². The number of amides is 1. The predicted octanol–water partition coefficient (Wildman–Crippen LogP) is 3.44. The van der Waals surface area contributed by atoms with E-state index in [0.29, 0.717) is 17.7 Å². The van der Waals surface area contributed by atoms with Crippen molar-refractivity contribution in [2.75, 3.05) is 5.32 Å². The summed E-state index contributed by atoms with van der Waals surface area (Å²) in [7, 11) is 0. The Bertz CT molecular complexity index is 736. The molecule has 2 aromatic carbocycles. The van der Waals surface area contributed by atoms with Gasteiger partial charge >= 0.3 is 0 Å². The molecule has 1 fully saturated rings. The van der Waals surface area contributed by atoms with Crippen LogP contribution in [0.2, 0.25) is 0 Å². The molecule has 1 N–H and O–H groups in total. The first-order chi connectivity index (χ1) is 10.2. The number of benzene rings is 2. The molecular weight excluding hydrogens is 267 g/mol. The first-order valence-corrected chi connectivity index (χ1v) is 6.74. The molecule has 1 aliphatic rings. The minimum atomic E-state index is -0.284. The topological polar surface area (TPSA) is 52.9 Å². The van der Waals surface area contributed by atoms with Crippen molar-refractivity contribution in [3.63, 3.8) is 0 Å². The van der Waals surface area contributed by atoms with Crippen molar-refractivity contribution in [2.24, 2.45) is 5.92 Å². The second kappa shape index (κ2) is 5.37. The molecule has 104 valence electrons. The zero-order valence-electron chi connectivity index (χ0n) is 11.2. The maximum Gasteiger partial charge on any atom is 0.228 e. The Morgan fingerprint density at radius 3 is 2.81 bits per heavy atom. The summed E-state index contributed by atoms with van der Waals surface area (Å²) in [4.78, 5) is 12.2. The van der Waals surface area contributed by atoms with Crippen LogP contribution in [0, 0.1) is 23.1 Å². The summed E-state index contributed by atoms with van der Waals surface area (Å²) in [6, 6.07) is 15.3. The molecule has 0 heterocycles. The van der Waals surface area contributed by atoms with Crippen molar-refractivity contribution in [3.05, 3.63) is 65.5 Å². The van der Waals surface area contributed by atoms with Gasteiger partial charge in [-0.05, 0) is 42.2 Å².